The lowest BCUT2D eigenvalue weighted by Gasteiger charge is -2.23. The van der Waals surface area contributed by atoms with Gasteiger partial charge < -0.3 is 30.6 Å². The van der Waals surface area contributed by atoms with Crippen molar-refractivity contribution in [1.29, 1.82) is 0 Å². The van der Waals surface area contributed by atoms with Crippen molar-refractivity contribution in [2.45, 2.75) is 18.1 Å². The first-order valence-corrected chi connectivity index (χ1v) is 5.74. The normalized spacial score (nSPS) is 13.7. The van der Waals surface area contributed by atoms with E-state index in [0.717, 1.165) is 0 Å². The summed E-state index contributed by atoms with van der Waals surface area (Å²) in [6.45, 7) is 0. The van der Waals surface area contributed by atoms with Crippen molar-refractivity contribution in [3.8, 4) is 0 Å². The number of aliphatic carboxylic acids is 3. The van der Waals surface area contributed by atoms with Crippen LogP contribution in [0.15, 0.2) is 24.5 Å². The summed E-state index contributed by atoms with van der Waals surface area (Å²) in [7, 11) is 0. The molecule has 0 bridgehead atoms. The molecule has 11 heteroatoms. The fraction of sp³-hybridized carbons (Fsp3) is 0.250. The summed E-state index contributed by atoms with van der Waals surface area (Å²) >= 11 is 0. The van der Waals surface area contributed by atoms with Crippen molar-refractivity contribution in [2.75, 3.05) is 0 Å². The van der Waals surface area contributed by atoms with Gasteiger partial charge in [0.1, 0.15) is 0 Å². The number of aromatic carboxylic acids is 1. The molecule has 0 spiro atoms. The number of carboxylic acid groups (broad SMARTS) is 4. The van der Waals surface area contributed by atoms with Crippen molar-refractivity contribution in [1.82, 2.24) is 4.98 Å². The van der Waals surface area contributed by atoms with Crippen LogP contribution in [0.4, 0.5) is 0 Å². The summed E-state index contributed by atoms with van der Waals surface area (Å²) in [6, 6.07) is 3.08. The Bertz CT molecular complexity index is 587. The summed E-state index contributed by atoms with van der Waals surface area (Å²) in [5.74, 6) is -6.82. The van der Waals surface area contributed by atoms with Crippen LogP contribution < -0.4 is 0 Å². The Labute approximate surface area is 128 Å². The number of carboxylic acids is 4. The minimum Gasteiger partial charge on any atom is -0.481 e. The van der Waals surface area contributed by atoms with Crippen LogP contribution in [0.2, 0.25) is 0 Å². The predicted molar refractivity (Wildman–Crippen MR) is 69.7 cm³/mol. The lowest BCUT2D eigenvalue weighted by Crippen LogP contribution is -2.54. The molecule has 0 fully saturated rings. The summed E-state index contributed by atoms with van der Waals surface area (Å²) in [4.78, 5) is 44.4. The molecular formula is C12H13NO10. The highest BCUT2D eigenvalue weighted by molar-refractivity contribution is 5.90. The summed E-state index contributed by atoms with van der Waals surface area (Å²) in [6.07, 6.45) is -1.26. The molecule has 0 aromatic carbocycles. The van der Waals surface area contributed by atoms with Gasteiger partial charge in [0, 0.05) is 12.4 Å². The van der Waals surface area contributed by atoms with Crippen LogP contribution in [-0.2, 0) is 14.4 Å². The van der Waals surface area contributed by atoms with Crippen LogP contribution in [0.5, 0.6) is 0 Å². The molecule has 1 rings (SSSR count). The van der Waals surface area contributed by atoms with Gasteiger partial charge in [0.15, 0.2) is 6.10 Å². The van der Waals surface area contributed by atoms with E-state index in [1.807, 2.05) is 0 Å². The zero-order valence-corrected chi connectivity index (χ0v) is 11.4. The largest absolute Gasteiger partial charge is 0.481 e. The average molecular weight is 331 g/mol. The maximum Gasteiger partial charge on any atom is 0.339 e. The fourth-order valence-corrected chi connectivity index (χ4v) is 1.21. The molecule has 0 aliphatic rings. The molecule has 1 heterocycles. The summed E-state index contributed by atoms with van der Waals surface area (Å²) < 4.78 is 0. The van der Waals surface area contributed by atoms with E-state index in [9.17, 15) is 19.2 Å². The third-order valence-electron chi connectivity index (χ3n) is 2.39. The second-order valence-corrected chi connectivity index (χ2v) is 4.09. The third-order valence-corrected chi connectivity index (χ3v) is 2.39. The van der Waals surface area contributed by atoms with Gasteiger partial charge in [-0.05, 0) is 12.1 Å². The Hall–Kier alpha value is -3.05. The van der Waals surface area contributed by atoms with E-state index in [0.29, 0.717) is 0 Å². The molecule has 2 atom stereocenters. The minimum atomic E-state index is -3.22. The van der Waals surface area contributed by atoms with E-state index in [-0.39, 0.29) is 5.56 Å². The van der Waals surface area contributed by atoms with Crippen LogP contribution >= 0.6 is 0 Å². The Morgan fingerprint density at radius 1 is 1.13 bits per heavy atom. The topological polar surface area (TPSA) is 203 Å². The highest BCUT2D eigenvalue weighted by atomic mass is 16.4. The molecule has 0 radical (unpaired) electrons. The van der Waals surface area contributed by atoms with Gasteiger partial charge >= 0.3 is 23.9 Å². The van der Waals surface area contributed by atoms with E-state index in [4.69, 9.17) is 30.6 Å². The molecule has 0 aliphatic carbocycles. The quantitative estimate of drug-likeness (QED) is 0.354. The number of nitrogens with zero attached hydrogens (tertiary/aromatic N) is 1. The van der Waals surface area contributed by atoms with Gasteiger partial charge in [-0.15, -0.1) is 0 Å². The predicted octanol–water partition coefficient (Wildman–Crippen LogP) is -1.50. The van der Waals surface area contributed by atoms with Gasteiger partial charge in [-0.3, -0.25) is 9.78 Å². The first kappa shape index (κ1) is 19.9. The molecule has 0 saturated heterocycles. The lowest BCUT2D eigenvalue weighted by atomic mass is 9.93. The van der Waals surface area contributed by atoms with Crippen molar-refractivity contribution in [3.05, 3.63) is 30.1 Å². The lowest BCUT2D eigenvalue weighted by molar-refractivity contribution is -0.187. The van der Waals surface area contributed by atoms with Crippen LogP contribution in [0, 0.1) is 0 Å². The zero-order valence-electron chi connectivity index (χ0n) is 11.4. The summed E-state index contributed by atoms with van der Waals surface area (Å²) in [5, 5.41) is 51.0. The molecule has 23 heavy (non-hydrogen) atoms. The van der Waals surface area contributed by atoms with E-state index in [2.05, 4.69) is 4.98 Å². The Balaban J connectivity index is 0.000000459. The zero-order chi connectivity index (χ0) is 18.2. The number of aromatic nitrogens is 1. The average Bonchev–Trinajstić information content (AvgIpc) is 2.46. The van der Waals surface area contributed by atoms with E-state index in [1.165, 1.54) is 18.5 Å². The second kappa shape index (κ2) is 8.41. The smallest absolute Gasteiger partial charge is 0.339 e. The first-order chi connectivity index (χ1) is 10.5. The SMILES string of the molecule is O=C(O)CC(O)(C(=O)O)C(O)C(=O)O.O=C(O)c1cccnc1. The second-order valence-electron chi connectivity index (χ2n) is 4.09. The van der Waals surface area contributed by atoms with Gasteiger partial charge in [-0.25, -0.2) is 14.4 Å². The molecule has 0 aliphatic heterocycles. The van der Waals surface area contributed by atoms with Gasteiger partial charge in [0.2, 0.25) is 5.60 Å². The van der Waals surface area contributed by atoms with E-state index in [1.54, 1.807) is 6.07 Å². The van der Waals surface area contributed by atoms with Crippen LogP contribution in [0.1, 0.15) is 16.8 Å². The third kappa shape index (κ3) is 6.07. The highest BCUT2D eigenvalue weighted by Crippen LogP contribution is 2.16. The Kier molecular flexibility index (Phi) is 7.29. The number of carbonyl (C=O) groups is 4. The first-order valence-electron chi connectivity index (χ1n) is 5.74. The maximum atomic E-state index is 10.4. The molecule has 1 aromatic rings. The van der Waals surface area contributed by atoms with Crippen molar-refractivity contribution < 1.29 is 49.8 Å². The molecule has 6 N–H and O–H groups in total. The highest BCUT2D eigenvalue weighted by Gasteiger charge is 2.49. The molecule has 11 nitrogen and oxygen atoms in total. The van der Waals surface area contributed by atoms with Crippen molar-refractivity contribution >= 4 is 23.9 Å². The van der Waals surface area contributed by atoms with Crippen LogP contribution in [-0.4, -0.2) is 71.2 Å². The summed E-state index contributed by atoms with van der Waals surface area (Å²) in [5.41, 5.74) is -3.00. The van der Waals surface area contributed by atoms with Crippen molar-refractivity contribution in [3.63, 3.8) is 0 Å². The standard InChI is InChI=1S/C6H5NO2.C6H8O8/c8-6(9)5-2-1-3-7-4-5;7-2(8)1-6(14,5(12)13)3(9)4(10)11/h1-4H,(H,8,9);3,9,14H,1H2,(H,7,8)(H,10,11)(H,12,13). The number of aliphatic hydroxyl groups is 2. The number of hydrogen-bond acceptors (Lipinski definition) is 7. The molecule has 0 saturated carbocycles. The Morgan fingerprint density at radius 3 is 1.96 bits per heavy atom. The minimum absolute atomic E-state index is 0.220. The van der Waals surface area contributed by atoms with Gasteiger partial charge in [0.25, 0.3) is 0 Å². The molecule has 126 valence electrons. The molecule has 2 unspecified atom stereocenters. The van der Waals surface area contributed by atoms with Gasteiger partial charge in [0.05, 0.1) is 12.0 Å². The molecular weight excluding hydrogens is 318 g/mol. The maximum absolute atomic E-state index is 10.4. The monoisotopic (exact) mass is 331 g/mol. The number of rotatable bonds is 6. The van der Waals surface area contributed by atoms with Crippen LogP contribution in [0.3, 0.4) is 0 Å². The van der Waals surface area contributed by atoms with Crippen LogP contribution in [0.25, 0.3) is 0 Å². The van der Waals surface area contributed by atoms with Gasteiger partial charge in [-0.1, -0.05) is 0 Å². The number of aliphatic hydroxyl groups excluding tert-OH is 1. The molecule has 0 amide bonds. The Morgan fingerprint density at radius 2 is 1.70 bits per heavy atom. The fourth-order valence-electron chi connectivity index (χ4n) is 1.21. The van der Waals surface area contributed by atoms with Gasteiger partial charge in [-0.2, -0.15) is 0 Å². The van der Waals surface area contributed by atoms with E-state index >= 15 is 0 Å². The molecule has 1 aromatic heterocycles. The number of hydrogen-bond donors (Lipinski definition) is 6. The van der Waals surface area contributed by atoms with E-state index < -0.39 is 42.0 Å². The van der Waals surface area contributed by atoms with Crippen molar-refractivity contribution in [2.24, 2.45) is 0 Å². The number of pyridine rings is 1.